The van der Waals surface area contributed by atoms with Crippen LogP contribution < -0.4 is 14.9 Å². The molecular formula is C23H25N5O4S. The lowest BCUT2D eigenvalue weighted by Crippen LogP contribution is -2.36. The van der Waals surface area contributed by atoms with Crippen LogP contribution >= 0.6 is 0 Å². The number of hydrogen-bond acceptors (Lipinski definition) is 7. The van der Waals surface area contributed by atoms with Crippen LogP contribution in [-0.4, -0.2) is 50.8 Å². The molecule has 3 aromatic rings. The third-order valence-corrected chi connectivity index (χ3v) is 6.56. The average Bonchev–Trinajstić information content (AvgIpc) is 2.85. The van der Waals surface area contributed by atoms with Gasteiger partial charge in [0.15, 0.2) is 5.82 Å². The Morgan fingerprint density at radius 2 is 1.76 bits per heavy atom. The number of amides is 1. The highest BCUT2D eigenvalue weighted by molar-refractivity contribution is 7.92. The molecular weight excluding hydrogens is 442 g/mol. The molecule has 9 nitrogen and oxygen atoms in total. The van der Waals surface area contributed by atoms with Crippen LogP contribution in [0.5, 0.6) is 0 Å². The van der Waals surface area contributed by atoms with Gasteiger partial charge in [0.1, 0.15) is 0 Å². The molecule has 172 valence electrons. The van der Waals surface area contributed by atoms with Gasteiger partial charge in [-0.3, -0.25) is 9.52 Å². The Bertz CT molecular complexity index is 1210. The van der Waals surface area contributed by atoms with Crippen LogP contribution in [0.2, 0.25) is 0 Å². The number of sulfonamides is 1. The van der Waals surface area contributed by atoms with E-state index < -0.39 is 10.0 Å². The highest BCUT2D eigenvalue weighted by atomic mass is 32.2. The molecule has 0 saturated carbocycles. The Balaban J connectivity index is 1.47. The normalized spacial score (nSPS) is 14.0. The first-order chi connectivity index (χ1) is 15.9. The van der Waals surface area contributed by atoms with E-state index in [9.17, 15) is 13.2 Å². The number of morpholine rings is 1. The molecule has 33 heavy (non-hydrogen) atoms. The molecule has 1 aliphatic rings. The first kappa shape index (κ1) is 22.7. The summed E-state index contributed by atoms with van der Waals surface area (Å²) < 4.78 is 33.6. The highest BCUT2D eigenvalue weighted by Gasteiger charge is 2.16. The van der Waals surface area contributed by atoms with E-state index in [1.165, 1.54) is 12.1 Å². The summed E-state index contributed by atoms with van der Waals surface area (Å²) >= 11 is 0. The Morgan fingerprint density at radius 1 is 1.00 bits per heavy atom. The van der Waals surface area contributed by atoms with E-state index >= 15 is 0 Å². The minimum atomic E-state index is -3.80. The monoisotopic (exact) mass is 467 g/mol. The maximum absolute atomic E-state index is 12.8. The second-order valence-corrected chi connectivity index (χ2v) is 9.17. The fourth-order valence-corrected chi connectivity index (χ4v) is 4.41. The molecule has 1 saturated heterocycles. The van der Waals surface area contributed by atoms with E-state index in [1.807, 2.05) is 18.2 Å². The van der Waals surface area contributed by atoms with Gasteiger partial charge in [0.05, 0.1) is 23.8 Å². The third-order valence-electron chi connectivity index (χ3n) is 5.17. The fourth-order valence-electron chi connectivity index (χ4n) is 3.36. The molecule has 2 N–H and O–H groups in total. The number of anilines is 3. The van der Waals surface area contributed by atoms with E-state index in [-0.39, 0.29) is 10.8 Å². The predicted molar refractivity (Wildman–Crippen MR) is 127 cm³/mol. The molecule has 0 bridgehead atoms. The van der Waals surface area contributed by atoms with Crippen LogP contribution in [0, 0.1) is 0 Å². The standard InChI is InChI=1S/C23H25N5O4S/c1-2-23(29)24-18-6-8-20(9-7-18)33(30,31)27-19-5-3-4-17(16-19)21-10-11-22(26-25-21)28-12-14-32-15-13-28/h3-11,16,27H,2,12-15H2,1H3,(H,24,29). The first-order valence-corrected chi connectivity index (χ1v) is 12.1. The molecule has 4 rings (SSSR count). The number of rotatable bonds is 7. The van der Waals surface area contributed by atoms with Crippen molar-refractivity contribution in [3.05, 3.63) is 60.7 Å². The number of benzene rings is 2. The number of ether oxygens (including phenoxy) is 1. The zero-order valence-corrected chi connectivity index (χ0v) is 19.0. The van der Waals surface area contributed by atoms with Crippen molar-refractivity contribution in [3.8, 4) is 11.3 Å². The van der Waals surface area contributed by atoms with Crippen molar-refractivity contribution < 1.29 is 17.9 Å². The molecule has 1 aliphatic heterocycles. The number of aromatic nitrogens is 2. The molecule has 10 heteroatoms. The minimum Gasteiger partial charge on any atom is -0.378 e. The van der Waals surface area contributed by atoms with Crippen molar-refractivity contribution in [2.24, 2.45) is 0 Å². The topological polar surface area (TPSA) is 114 Å². The van der Waals surface area contributed by atoms with E-state index in [2.05, 4.69) is 25.1 Å². The Morgan fingerprint density at radius 3 is 2.42 bits per heavy atom. The summed E-state index contributed by atoms with van der Waals surface area (Å²) in [4.78, 5) is 13.7. The fraction of sp³-hybridized carbons (Fsp3) is 0.261. The van der Waals surface area contributed by atoms with Crippen LogP contribution in [0.4, 0.5) is 17.2 Å². The SMILES string of the molecule is CCC(=O)Nc1ccc(S(=O)(=O)Nc2cccc(-c3ccc(N4CCOCC4)nn3)c2)cc1. The lowest BCUT2D eigenvalue weighted by molar-refractivity contribution is -0.115. The third kappa shape index (κ3) is 5.65. The number of nitrogens with zero attached hydrogens (tertiary/aromatic N) is 3. The summed E-state index contributed by atoms with van der Waals surface area (Å²) in [5.41, 5.74) is 2.34. The molecule has 0 atom stereocenters. The van der Waals surface area contributed by atoms with Crippen LogP contribution in [0.25, 0.3) is 11.3 Å². The molecule has 2 aromatic carbocycles. The summed E-state index contributed by atoms with van der Waals surface area (Å²) in [6.45, 7) is 4.63. The van der Waals surface area contributed by atoms with Gasteiger partial charge >= 0.3 is 0 Å². The van der Waals surface area contributed by atoms with Gasteiger partial charge in [0.2, 0.25) is 5.91 Å². The van der Waals surface area contributed by atoms with Gasteiger partial charge in [-0.25, -0.2) is 8.42 Å². The van der Waals surface area contributed by atoms with Gasteiger partial charge in [-0.1, -0.05) is 19.1 Å². The average molecular weight is 468 g/mol. The molecule has 0 unspecified atom stereocenters. The first-order valence-electron chi connectivity index (χ1n) is 10.6. The van der Waals surface area contributed by atoms with Gasteiger partial charge in [-0.15, -0.1) is 10.2 Å². The van der Waals surface area contributed by atoms with Crippen LogP contribution in [0.15, 0.2) is 65.6 Å². The van der Waals surface area contributed by atoms with Crippen molar-refractivity contribution in [2.75, 3.05) is 41.2 Å². The zero-order valence-electron chi connectivity index (χ0n) is 18.2. The smallest absolute Gasteiger partial charge is 0.261 e. The Kier molecular flexibility index (Phi) is 6.85. The summed E-state index contributed by atoms with van der Waals surface area (Å²) in [5, 5.41) is 11.3. The van der Waals surface area contributed by atoms with Gasteiger partial charge < -0.3 is 15.0 Å². The summed E-state index contributed by atoms with van der Waals surface area (Å²) in [6.07, 6.45) is 0.346. The van der Waals surface area contributed by atoms with Gasteiger partial charge in [-0.05, 0) is 48.5 Å². The lowest BCUT2D eigenvalue weighted by atomic mass is 10.1. The quantitative estimate of drug-likeness (QED) is 0.549. The number of carbonyl (C=O) groups is 1. The lowest BCUT2D eigenvalue weighted by Gasteiger charge is -2.27. The van der Waals surface area contributed by atoms with Crippen LogP contribution in [0.3, 0.4) is 0 Å². The summed E-state index contributed by atoms with van der Waals surface area (Å²) in [5.74, 6) is 0.652. The molecule has 1 aromatic heterocycles. The molecule has 0 spiro atoms. The van der Waals surface area contributed by atoms with Crippen LogP contribution in [-0.2, 0) is 19.6 Å². The zero-order chi connectivity index (χ0) is 23.3. The van der Waals surface area contributed by atoms with Gasteiger partial charge in [0, 0.05) is 36.4 Å². The number of nitrogens with one attached hydrogen (secondary N) is 2. The second kappa shape index (κ2) is 9.97. The van der Waals surface area contributed by atoms with E-state index in [1.54, 1.807) is 37.3 Å². The molecule has 1 fully saturated rings. The largest absolute Gasteiger partial charge is 0.378 e. The number of carbonyl (C=O) groups excluding carboxylic acids is 1. The Labute approximate surface area is 192 Å². The van der Waals surface area contributed by atoms with Crippen LogP contribution in [0.1, 0.15) is 13.3 Å². The van der Waals surface area contributed by atoms with Gasteiger partial charge in [0.25, 0.3) is 10.0 Å². The number of hydrogen-bond donors (Lipinski definition) is 2. The van der Waals surface area contributed by atoms with Crippen molar-refractivity contribution >= 4 is 33.1 Å². The van der Waals surface area contributed by atoms with E-state index in [4.69, 9.17) is 4.74 Å². The van der Waals surface area contributed by atoms with Gasteiger partial charge in [-0.2, -0.15) is 0 Å². The maximum atomic E-state index is 12.8. The van der Waals surface area contributed by atoms with E-state index in [0.29, 0.717) is 36.7 Å². The van der Waals surface area contributed by atoms with Crippen molar-refractivity contribution in [1.82, 2.24) is 10.2 Å². The molecule has 2 heterocycles. The van der Waals surface area contributed by atoms with Crippen molar-refractivity contribution in [2.45, 2.75) is 18.2 Å². The summed E-state index contributed by atoms with van der Waals surface area (Å²) in [6, 6.07) is 16.8. The second-order valence-electron chi connectivity index (χ2n) is 7.49. The van der Waals surface area contributed by atoms with E-state index in [0.717, 1.165) is 24.5 Å². The summed E-state index contributed by atoms with van der Waals surface area (Å²) in [7, 11) is -3.80. The Hall–Kier alpha value is -3.50. The van der Waals surface area contributed by atoms with Crippen molar-refractivity contribution in [1.29, 1.82) is 0 Å². The molecule has 0 radical (unpaired) electrons. The van der Waals surface area contributed by atoms with Crippen molar-refractivity contribution in [3.63, 3.8) is 0 Å². The molecule has 0 aliphatic carbocycles. The maximum Gasteiger partial charge on any atom is 0.261 e. The molecule has 1 amide bonds. The highest BCUT2D eigenvalue weighted by Crippen LogP contribution is 2.24. The minimum absolute atomic E-state index is 0.0945. The predicted octanol–water partition coefficient (Wildman–Crippen LogP) is 3.13.